The summed E-state index contributed by atoms with van der Waals surface area (Å²) < 4.78 is 0. The van der Waals surface area contributed by atoms with E-state index in [1.54, 1.807) is 49.3 Å². The molecule has 3 N–H and O–H groups in total. The average molecular weight is 409 g/mol. The Morgan fingerprint density at radius 3 is 1.70 bits per heavy atom. The van der Waals surface area contributed by atoms with Crippen molar-refractivity contribution in [3.05, 3.63) is 55.4 Å². The number of hydrogen-bond acceptors (Lipinski definition) is 10. The number of anilines is 3. The first kappa shape index (κ1) is 21.3. The minimum absolute atomic E-state index is 0.649. The van der Waals surface area contributed by atoms with E-state index in [2.05, 4.69) is 50.8 Å². The minimum atomic E-state index is 0.649. The monoisotopic (exact) mass is 408 g/mol. The fourth-order valence-electron chi connectivity index (χ4n) is 2.77. The molecule has 10 nitrogen and oxygen atoms in total. The molecular weight excluding hydrogens is 380 g/mol. The number of aromatic nitrogens is 6. The lowest BCUT2D eigenvalue weighted by molar-refractivity contribution is 0.627. The molecule has 10 heteroatoms. The summed E-state index contributed by atoms with van der Waals surface area (Å²) in [6, 6.07) is 5.44. The van der Waals surface area contributed by atoms with Crippen LogP contribution in [0.15, 0.2) is 55.4 Å². The summed E-state index contributed by atoms with van der Waals surface area (Å²) in [5, 5.41) is 9.92. The van der Waals surface area contributed by atoms with E-state index in [9.17, 15) is 0 Å². The molecular formula is C20H28N10. The molecule has 0 unspecified atom stereocenters. The van der Waals surface area contributed by atoms with Gasteiger partial charge in [-0.05, 0) is 37.6 Å². The molecule has 0 aliphatic heterocycles. The third-order valence-corrected chi connectivity index (χ3v) is 4.23. The van der Waals surface area contributed by atoms with Crippen molar-refractivity contribution in [1.29, 1.82) is 0 Å². The van der Waals surface area contributed by atoms with Crippen molar-refractivity contribution in [3.8, 4) is 0 Å². The molecule has 0 aromatic carbocycles. The second-order valence-electron chi connectivity index (χ2n) is 6.49. The van der Waals surface area contributed by atoms with E-state index in [1.165, 1.54) is 0 Å². The van der Waals surface area contributed by atoms with Crippen LogP contribution >= 0.6 is 0 Å². The first-order valence-corrected chi connectivity index (χ1v) is 10.2. The number of rotatable bonds is 14. The lowest BCUT2D eigenvalue weighted by Gasteiger charge is -2.22. The topological polar surface area (TPSA) is 117 Å². The standard InChI is InChI=1S/C20H28N10/c1(7-22-18-23-8-2-9-24-18)6-21-15-17-30(20-28-12-4-13-29-20)16-5-14-27-19-25-10-3-11-26-19/h2-4,8-13,21H,1,5-7,14-17H2,(H,22,23,24)(H,25,26,27). The second-order valence-corrected chi connectivity index (χ2v) is 6.49. The van der Waals surface area contributed by atoms with Crippen LogP contribution in [0.1, 0.15) is 12.8 Å². The molecule has 30 heavy (non-hydrogen) atoms. The molecule has 0 amide bonds. The fourth-order valence-corrected chi connectivity index (χ4v) is 2.77. The molecule has 0 saturated heterocycles. The van der Waals surface area contributed by atoms with Gasteiger partial charge in [0, 0.05) is 69.9 Å². The molecule has 3 rings (SSSR count). The van der Waals surface area contributed by atoms with Crippen LogP contribution < -0.4 is 20.9 Å². The van der Waals surface area contributed by atoms with Crippen molar-refractivity contribution >= 4 is 17.8 Å². The normalized spacial score (nSPS) is 10.5. The van der Waals surface area contributed by atoms with E-state index < -0.39 is 0 Å². The van der Waals surface area contributed by atoms with Gasteiger partial charge in [0.15, 0.2) is 0 Å². The van der Waals surface area contributed by atoms with E-state index >= 15 is 0 Å². The summed E-state index contributed by atoms with van der Waals surface area (Å²) in [7, 11) is 0. The maximum Gasteiger partial charge on any atom is 0.225 e. The molecule has 0 aliphatic rings. The molecule has 3 aromatic heterocycles. The highest BCUT2D eigenvalue weighted by Gasteiger charge is 2.08. The highest BCUT2D eigenvalue weighted by Crippen LogP contribution is 2.05. The molecule has 158 valence electrons. The zero-order valence-electron chi connectivity index (χ0n) is 17.0. The van der Waals surface area contributed by atoms with Crippen LogP contribution in [0.5, 0.6) is 0 Å². The lowest BCUT2D eigenvalue weighted by Crippen LogP contribution is -2.35. The molecule has 0 saturated carbocycles. The van der Waals surface area contributed by atoms with E-state index in [4.69, 9.17) is 0 Å². The zero-order chi connectivity index (χ0) is 20.7. The van der Waals surface area contributed by atoms with Gasteiger partial charge in [-0.25, -0.2) is 29.9 Å². The first-order valence-electron chi connectivity index (χ1n) is 10.2. The van der Waals surface area contributed by atoms with Gasteiger partial charge in [-0.2, -0.15) is 0 Å². The SMILES string of the molecule is c1cnc(NCCCNCCN(CCCNc2ncccn2)c2ncccn2)nc1. The van der Waals surface area contributed by atoms with Gasteiger partial charge in [-0.3, -0.25) is 0 Å². The predicted molar refractivity (Wildman–Crippen MR) is 117 cm³/mol. The van der Waals surface area contributed by atoms with Gasteiger partial charge >= 0.3 is 0 Å². The van der Waals surface area contributed by atoms with Crippen LogP contribution in [0.4, 0.5) is 17.8 Å². The van der Waals surface area contributed by atoms with Gasteiger partial charge in [0.25, 0.3) is 0 Å². The summed E-state index contributed by atoms with van der Waals surface area (Å²) in [5.74, 6) is 2.06. The highest BCUT2D eigenvalue weighted by atomic mass is 15.3. The highest BCUT2D eigenvalue weighted by molar-refractivity contribution is 5.28. The van der Waals surface area contributed by atoms with Crippen LogP contribution in [-0.2, 0) is 0 Å². The molecule has 0 radical (unpaired) electrons. The van der Waals surface area contributed by atoms with Gasteiger partial charge in [0.2, 0.25) is 17.8 Å². The maximum atomic E-state index is 4.40. The van der Waals surface area contributed by atoms with Crippen LogP contribution in [0.3, 0.4) is 0 Å². The Morgan fingerprint density at radius 2 is 1.10 bits per heavy atom. The Hall–Kier alpha value is -3.40. The summed E-state index contributed by atoms with van der Waals surface area (Å²) in [4.78, 5) is 27.6. The van der Waals surface area contributed by atoms with Crippen LogP contribution in [-0.4, -0.2) is 69.2 Å². The Balaban J connectivity index is 1.33. The van der Waals surface area contributed by atoms with Crippen molar-refractivity contribution in [2.45, 2.75) is 12.8 Å². The van der Waals surface area contributed by atoms with Crippen LogP contribution in [0, 0.1) is 0 Å². The number of nitrogens with zero attached hydrogens (tertiary/aromatic N) is 7. The van der Waals surface area contributed by atoms with Gasteiger partial charge in [0.05, 0.1) is 0 Å². The van der Waals surface area contributed by atoms with E-state index in [1.807, 2.05) is 6.07 Å². The van der Waals surface area contributed by atoms with Gasteiger partial charge in [-0.15, -0.1) is 0 Å². The molecule has 0 spiro atoms. The minimum Gasteiger partial charge on any atom is -0.354 e. The van der Waals surface area contributed by atoms with Crippen molar-refractivity contribution in [2.24, 2.45) is 0 Å². The molecule has 0 fully saturated rings. The van der Waals surface area contributed by atoms with Crippen molar-refractivity contribution < 1.29 is 0 Å². The van der Waals surface area contributed by atoms with Gasteiger partial charge < -0.3 is 20.9 Å². The Morgan fingerprint density at radius 1 is 0.567 bits per heavy atom. The smallest absolute Gasteiger partial charge is 0.225 e. The Bertz CT molecular complexity index is 804. The lowest BCUT2D eigenvalue weighted by atomic mass is 10.3. The first-order chi connectivity index (χ1) is 14.9. The number of nitrogens with one attached hydrogen (secondary N) is 3. The second kappa shape index (κ2) is 12.9. The molecule has 0 bridgehead atoms. The third kappa shape index (κ3) is 7.92. The average Bonchev–Trinajstić information content (AvgIpc) is 2.81. The van der Waals surface area contributed by atoms with Gasteiger partial charge in [-0.1, -0.05) is 0 Å². The predicted octanol–water partition coefficient (Wildman–Crippen LogP) is 1.46. The van der Waals surface area contributed by atoms with Gasteiger partial charge in [0.1, 0.15) is 0 Å². The largest absolute Gasteiger partial charge is 0.354 e. The van der Waals surface area contributed by atoms with Crippen molar-refractivity contribution in [2.75, 3.05) is 54.8 Å². The van der Waals surface area contributed by atoms with Crippen molar-refractivity contribution in [3.63, 3.8) is 0 Å². The van der Waals surface area contributed by atoms with E-state index in [0.29, 0.717) is 11.9 Å². The maximum absolute atomic E-state index is 4.40. The molecule has 3 aromatic rings. The summed E-state index contributed by atoms with van der Waals surface area (Å²) in [6.45, 7) is 5.06. The van der Waals surface area contributed by atoms with Crippen LogP contribution in [0.25, 0.3) is 0 Å². The zero-order valence-corrected chi connectivity index (χ0v) is 17.0. The van der Waals surface area contributed by atoms with Crippen molar-refractivity contribution in [1.82, 2.24) is 35.2 Å². The summed E-state index contributed by atoms with van der Waals surface area (Å²) in [5.41, 5.74) is 0. The van der Waals surface area contributed by atoms with E-state index in [0.717, 1.165) is 58.1 Å². The molecule has 0 atom stereocenters. The van der Waals surface area contributed by atoms with Crippen LogP contribution in [0.2, 0.25) is 0 Å². The summed E-state index contributed by atoms with van der Waals surface area (Å²) in [6.07, 6.45) is 12.4. The molecule has 0 aliphatic carbocycles. The Labute approximate surface area is 176 Å². The quantitative estimate of drug-likeness (QED) is 0.338. The fraction of sp³-hybridized carbons (Fsp3) is 0.400. The summed E-state index contributed by atoms with van der Waals surface area (Å²) >= 11 is 0. The molecule has 3 heterocycles. The Kier molecular flexibility index (Phi) is 9.19. The number of hydrogen-bond donors (Lipinski definition) is 3. The van der Waals surface area contributed by atoms with E-state index in [-0.39, 0.29) is 0 Å². The third-order valence-electron chi connectivity index (χ3n) is 4.23.